The molecular formula is C16H16Br2N2. The van der Waals surface area contributed by atoms with E-state index in [1.165, 1.54) is 17.5 Å². The Labute approximate surface area is 136 Å². The Morgan fingerprint density at radius 3 is 2.50 bits per heavy atom. The molecule has 3 N–H and O–H groups in total. The lowest BCUT2D eigenvalue weighted by Crippen LogP contribution is -2.30. The molecule has 1 fully saturated rings. The fourth-order valence-electron chi connectivity index (χ4n) is 2.86. The molecule has 1 aliphatic carbocycles. The summed E-state index contributed by atoms with van der Waals surface area (Å²) in [5, 5.41) is 0. The van der Waals surface area contributed by atoms with Gasteiger partial charge >= 0.3 is 0 Å². The predicted molar refractivity (Wildman–Crippen MR) is 89.2 cm³/mol. The van der Waals surface area contributed by atoms with E-state index in [-0.39, 0.29) is 6.04 Å². The van der Waals surface area contributed by atoms with Gasteiger partial charge in [-0.15, -0.1) is 0 Å². The van der Waals surface area contributed by atoms with Crippen LogP contribution in [-0.4, -0.2) is 0 Å². The van der Waals surface area contributed by atoms with Gasteiger partial charge in [0.2, 0.25) is 0 Å². The van der Waals surface area contributed by atoms with E-state index < -0.39 is 0 Å². The largest absolute Gasteiger partial charge is 0.271 e. The molecule has 0 radical (unpaired) electrons. The highest BCUT2D eigenvalue weighted by atomic mass is 79.9. The van der Waals surface area contributed by atoms with Gasteiger partial charge in [0.05, 0.1) is 6.04 Å². The van der Waals surface area contributed by atoms with E-state index in [0.29, 0.717) is 11.8 Å². The summed E-state index contributed by atoms with van der Waals surface area (Å²) in [4.78, 5) is 0. The lowest BCUT2D eigenvalue weighted by Gasteiger charge is -2.18. The first-order valence-electron chi connectivity index (χ1n) is 6.66. The van der Waals surface area contributed by atoms with Gasteiger partial charge in [0.15, 0.2) is 0 Å². The zero-order valence-corrected chi connectivity index (χ0v) is 14.1. The molecule has 3 unspecified atom stereocenters. The van der Waals surface area contributed by atoms with E-state index in [1.807, 2.05) is 0 Å². The third-order valence-electron chi connectivity index (χ3n) is 3.97. The minimum Gasteiger partial charge on any atom is -0.271 e. The SMILES string of the molecule is NNC(c1ccc(Br)cc1Br)C1CC1c1ccccc1. The molecule has 2 nitrogen and oxygen atoms in total. The quantitative estimate of drug-likeness (QED) is 0.589. The summed E-state index contributed by atoms with van der Waals surface area (Å²) in [7, 11) is 0. The Balaban J connectivity index is 1.82. The van der Waals surface area contributed by atoms with E-state index in [9.17, 15) is 0 Å². The van der Waals surface area contributed by atoms with Crippen molar-refractivity contribution in [2.75, 3.05) is 0 Å². The second-order valence-corrected chi connectivity index (χ2v) is 7.00. The average Bonchev–Trinajstić information content (AvgIpc) is 3.23. The van der Waals surface area contributed by atoms with Crippen molar-refractivity contribution in [3.63, 3.8) is 0 Å². The normalized spacial score (nSPS) is 22.6. The second-order valence-electron chi connectivity index (χ2n) is 5.23. The van der Waals surface area contributed by atoms with E-state index in [4.69, 9.17) is 5.84 Å². The highest BCUT2D eigenvalue weighted by Gasteiger charge is 2.44. The number of hydrazine groups is 1. The van der Waals surface area contributed by atoms with Crippen molar-refractivity contribution in [3.8, 4) is 0 Å². The first-order chi connectivity index (χ1) is 9.70. The van der Waals surface area contributed by atoms with Crippen molar-refractivity contribution in [2.45, 2.75) is 18.4 Å². The van der Waals surface area contributed by atoms with Crippen LogP contribution in [-0.2, 0) is 0 Å². The lowest BCUT2D eigenvalue weighted by molar-refractivity contribution is 0.485. The van der Waals surface area contributed by atoms with Gasteiger partial charge in [-0.2, -0.15) is 0 Å². The fourth-order valence-corrected chi connectivity index (χ4v) is 4.16. The van der Waals surface area contributed by atoms with E-state index in [2.05, 4.69) is 85.8 Å². The van der Waals surface area contributed by atoms with E-state index in [1.54, 1.807) is 0 Å². The molecule has 1 saturated carbocycles. The zero-order chi connectivity index (χ0) is 14.1. The van der Waals surface area contributed by atoms with Gasteiger partial charge in [0.25, 0.3) is 0 Å². The number of benzene rings is 2. The first kappa shape index (κ1) is 14.3. The van der Waals surface area contributed by atoms with Crippen molar-refractivity contribution >= 4 is 31.9 Å². The highest BCUT2D eigenvalue weighted by Crippen LogP contribution is 2.54. The van der Waals surface area contributed by atoms with Crippen LogP contribution in [0.15, 0.2) is 57.5 Å². The van der Waals surface area contributed by atoms with Crippen LogP contribution in [0.3, 0.4) is 0 Å². The minimum atomic E-state index is 0.183. The molecule has 0 saturated heterocycles. The summed E-state index contributed by atoms with van der Waals surface area (Å²) >= 11 is 7.12. The van der Waals surface area contributed by atoms with Crippen LogP contribution in [0.1, 0.15) is 29.5 Å². The number of nitrogens with two attached hydrogens (primary N) is 1. The molecule has 0 bridgehead atoms. The molecule has 0 amide bonds. The van der Waals surface area contributed by atoms with Crippen LogP contribution in [0.25, 0.3) is 0 Å². The van der Waals surface area contributed by atoms with E-state index in [0.717, 1.165) is 8.95 Å². The molecule has 20 heavy (non-hydrogen) atoms. The maximum atomic E-state index is 5.81. The molecule has 0 spiro atoms. The number of nitrogens with one attached hydrogen (secondary N) is 1. The summed E-state index contributed by atoms with van der Waals surface area (Å²) < 4.78 is 2.16. The highest BCUT2D eigenvalue weighted by molar-refractivity contribution is 9.11. The first-order valence-corrected chi connectivity index (χ1v) is 8.25. The van der Waals surface area contributed by atoms with Crippen LogP contribution in [0.2, 0.25) is 0 Å². The Kier molecular flexibility index (Phi) is 4.26. The van der Waals surface area contributed by atoms with Crippen molar-refractivity contribution in [1.82, 2.24) is 5.43 Å². The summed E-state index contributed by atoms with van der Waals surface area (Å²) in [5.41, 5.74) is 5.62. The van der Waals surface area contributed by atoms with Gasteiger partial charge in [-0.3, -0.25) is 11.3 Å². The lowest BCUT2D eigenvalue weighted by atomic mass is 9.99. The van der Waals surface area contributed by atoms with Crippen LogP contribution in [0.5, 0.6) is 0 Å². The fraction of sp³-hybridized carbons (Fsp3) is 0.250. The summed E-state index contributed by atoms with van der Waals surface area (Å²) in [5.74, 6) is 6.97. The van der Waals surface area contributed by atoms with Gasteiger partial charge in [0.1, 0.15) is 0 Å². The second kappa shape index (κ2) is 5.98. The maximum absolute atomic E-state index is 5.81. The van der Waals surface area contributed by atoms with Crippen LogP contribution < -0.4 is 11.3 Å². The van der Waals surface area contributed by atoms with Gasteiger partial charge in [-0.1, -0.05) is 68.3 Å². The monoisotopic (exact) mass is 394 g/mol. The van der Waals surface area contributed by atoms with Crippen LogP contribution >= 0.6 is 31.9 Å². The molecule has 0 aromatic heterocycles. The molecule has 3 atom stereocenters. The van der Waals surface area contributed by atoms with Crippen LogP contribution in [0, 0.1) is 5.92 Å². The number of halogens is 2. The molecule has 2 aromatic rings. The number of hydrogen-bond acceptors (Lipinski definition) is 2. The van der Waals surface area contributed by atoms with E-state index >= 15 is 0 Å². The van der Waals surface area contributed by atoms with Crippen molar-refractivity contribution in [1.29, 1.82) is 0 Å². The molecule has 3 rings (SSSR count). The molecule has 2 aromatic carbocycles. The van der Waals surface area contributed by atoms with Gasteiger partial charge in [0, 0.05) is 8.95 Å². The standard InChI is InChI=1S/C16H16Br2N2/c17-11-6-7-12(15(18)8-11)16(20-19)14-9-13(14)10-4-2-1-3-5-10/h1-8,13-14,16,20H,9,19H2. The summed E-state index contributed by atoms with van der Waals surface area (Å²) in [6, 6.07) is 17.1. The maximum Gasteiger partial charge on any atom is 0.0505 e. The van der Waals surface area contributed by atoms with Crippen molar-refractivity contribution in [3.05, 3.63) is 68.6 Å². The third-order valence-corrected chi connectivity index (χ3v) is 5.15. The summed E-state index contributed by atoms with van der Waals surface area (Å²) in [6.45, 7) is 0. The molecule has 0 aliphatic heterocycles. The number of rotatable bonds is 4. The Hall–Kier alpha value is -0.680. The third kappa shape index (κ3) is 2.84. The molecule has 4 heteroatoms. The number of hydrogen-bond donors (Lipinski definition) is 2. The Bertz CT molecular complexity index is 601. The topological polar surface area (TPSA) is 38.0 Å². The van der Waals surface area contributed by atoms with Gasteiger partial charge < -0.3 is 0 Å². The van der Waals surface area contributed by atoms with Gasteiger partial charge in [-0.25, -0.2) is 0 Å². The Morgan fingerprint density at radius 2 is 1.85 bits per heavy atom. The summed E-state index contributed by atoms with van der Waals surface area (Å²) in [6.07, 6.45) is 1.18. The molecule has 1 aliphatic rings. The Morgan fingerprint density at radius 1 is 1.10 bits per heavy atom. The molecule has 0 heterocycles. The average molecular weight is 396 g/mol. The van der Waals surface area contributed by atoms with Crippen LogP contribution in [0.4, 0.5) is 0 Å². The van der Waals surface area contributed by atoms with Gasteiger partial charge in [-0.05, 0) is 41.5 Å². The van der Waals surface area contributed by atoms with Crippen molar-refractivity contribution in [2.24, 2.45) is 11.8 Å². The minimum absolute atomic E-state index is 0.183. The zero-order valence-electron chi connectivity index (χ0n) is 10.9. The van der Waals surface area contributed by atoms with Crippen molar-refractivity contribution < 1.29 is 0 Å². The predicted octanol–water partition coefficient (Wildman–Crippen LogP) is 4.52. The molecule has 104 valence electrons. The smallest absolute Gasteiger partial charge is 0.0505 e. The molecular weight excluding hydrogens is 380 g/mol.